The summed E-state index contributed by atoms with van der Waals surface area (Å²) in [5.74, 6) is 2.66. The molecule has 3 heterocycles. The van der Waals surface area contributed by atoms with Crippen molar-refractivity contribution in [1.82, 2.24) is 10.3 Å². The molecule has 2 aliphatic heterocycles. The lowest BCUT2D eigenvalue weighted by Gasteiger charge is -2.08. The molecule has 0 radical (unpaired) electrons. The van der Waals surface area contributed by atoms with Gasteiger partial charge in [0.2, 0.25) is 0 Å². The van der Waals surface area contributed by atoms with Crippen LogP contribution in [0.25, 0.3) is 16.5 Å². The molecule has 0 atom stereocenters. The van der Waals surface area contributed by atoms with Gasteiger partial charge in [-0.2, -0.15) is 0 Å². The molecule has 41 heavy (non-hydrogen) atoms. The van der Waals surface area contributed by atoms with Crippen LogP contribution in [0.1, 0.15) is 33.4 Å². The summed E-state index contributed by atoms with van der Waals surface area (Å²) in [7, 11) is 0. The molecule has 1 aromatic heterocycles. The monoisotopic (exact) mass is 532 g/mol. The number of aliphatic imine (C=N–C) groups is 3. The van der Waals surface area contributed by atoms with Gasteiger partial charge in [-0.15, -0.1) is 10.2 Å². The van der Waals surface area contributed by atoms with Crippen molar-refractivity contribution in [3.8, 4) is 0 Å². The number of nitrogens with zero attached hydrogens (tertiary/aromatic N) is 5. The van der Waals surface area contributed by atoms with Crippen LogP contribution in [0.4, 0.5) is 11.6 Å². The lowest BCUT2D eigenvalue weighted by atomic mass is 10.1. The third kappa shape index (κ3) is 4.43. The van der Waals surface area contributed by atoms with Crippen molar-refractivity contribution in [2.45, 2.75) is 0 Å². The van der Waals surface area contributed by atoms with Crippen LogP contribution in [-0.2, 0) is 0 Å². The number of aromatic amines is 1. The fourth-order valence-corrected chi connectivity index (χ4v) is 4.99. The Morgan fingerprint density at radius 2 is 1.15 bits per heavy atom. The van der Waals surface area contributed by atoms with Crippen LogP contribution >= 0.6 is 0 Å². The second-order valence-electron chi connectivity index (χ2n) is 9.58. The van der Waals surface area contributed by atoms with E-state index < -0.39 is 0 Å². The summed E-state index contributed by atoms with van der Waals surface area (Å²) in [6, 6.07) is 31.5. The highest BCUT2D eigenvalue weighted by Gasteiger charge is 2.21. The Kier molecular flexibility index (Phi) is 5.90. The van der Waals surface area contributed by atoms with Crippen molar-refractivity contribution in [1.29, 1.82) is 0 Å². The van der Waals surface area contributed by atoms with Gasteiger partial charge < -0.3 is 16.0 Å². The Morgan fingerprint density at radius 3 is 1.83 bits per heavy atom. The molecule has 8 heteroatoms. The molecule has 0 spiro atoms. The van der Waals surface area contributed by atoms with Crippen molar-refractivity contribution in [3.05, 3.63) is 137 Å². The number of aromatic nitrogens is 1. The Hall–Kier alpha value is -5.89. The molecule has 2 aliphatic rings. The van der Waals surface area contributed by atoms with E-state index in [0.29, 0.717) is 28.9 Å². The second-order valence-corrected chi connectivity index (χ2v) is 9.58. The highest BCUT2D eigenvalue weighted by Crippen LogP contribution is 2.34. The molecule has 7 rings (SSSR count). The Labute approximate surface area is 236 Å². The fraction of sp³-hybridized carbons (Fsp3) is 0. The molecule has 0 saturated carbocycles. The van der Waals surface area contributed by atoms with E-state index in [0.717, 1.165) is 44.3 Å². The van der Waals surface area contributed by atoms with Crippen LogP contribution in [0, 0.1) is 0 Å². The molecule has 0 aliphatic carbocycles. The number of nitrogens with two attached hydrogens (primary N) is 1. The molecule has 0 fully saturated rings. The van der Waals surface area contributed by atoms with Crippen LogP contribution < -0.4 is 11.1 Å². The van der Waals surface area contributed by atoms with Crippen molar-refractivity contribution in [2.75, 3.05) is 0 Å². The molecule has 5 aromatic rings. The number of H-pyrrole nitrogens is 1. The molecule has 4 aromatic carbocycles. The number of nitrogens with one attached hydrogen (secondary N) is 2. The Morgan fingerprint density at radius 1 is 0.610 bits per heavy atom. The van der Waals surface area contributed by atoms with E-state index in [4.69, 9.17) is 20.7 Å². The summed E-state index contributed by atoms with van der Waals surface area (Å²) in [6.45, 7) is 4.15. The van der Waals surface area contributed by atoms with Gasteiger partial charge in [-0.25, -0.2) is 15.0 Å². The number of hydrogen-bond donors (Lipinski definition) is 3. The quantitative estimate of drug-likeness (QED) is 0.225. The average molecular weight is 533 g/mol. The van der Waals surface area contributed by atoms with Crippen LogP contribution in [0.3, 0.4) is 0 Å². The first-order valence-corrected chi connectivity index (χ1v) is 13.1. The topological polar surface area (TPSA) is 116 Å². The average Bonchev–Trinajstić information content (AvgIpc) is 3.53. The van der Waals surface area contributed by atoms with E-state index in [9.17, 15) is 0 Å². The van der Waals surface area contributed by atoms with Gasteiger partial charge in [0.15, 0.2) is 11.7 Å². The van der Waals surface area contributed by atoms with Crippen molar-refractivity contribution >= 4 is 58.0 Å². The maximum atomic E-state index is 6.52. The van der Waals surface area contributed by atoms with Gasteiger partial charge in [0.1, 0.15) is 17.5 Å². The van der Waals surface area contributed by atoms with Crippen LogP contribution in [0.5, 0.6) is 0 Å². The number of amidine groups is 3. The van der Waals surface area contributed by atoms with Gasteiger partial charge in [0.25, 0.3) is 0 Å². The van der Waals surface area contributed by atoms with Crippen molar-refractivity contribution < 1.29 is 0 Å². The highest BCUT2D eigenvalue weighted by atomic mass is 15.3. The first kappa shape index (κ1) is 24.2. The van der Waals surface area contributed by atoms with E-state index in [2.05, 4.69) is 27.1 Å². The zero-order valence-corrected chi connectivity index (χ0v) is 21.9. The first-order valence-electron chi connectivity index (χ1n) is 13.1. The summed E-state index contributed by atoms with van der Waals surface area (Å²) < 4.78 is 0. The molecular weight excluding hydrogens is 508 g/mol. The zero-order chi connectivity index (χ0) is 27.8. The van der Waals surface area contributed by atoms with Crippen LogP contribution in [0.15, 0.2) is 129 Å². The van der Waals surface area contributed by atoms with E-state index in [1.807, 2.05) is 97.1 Å². The van der Waals surface area contributed by atoms with Gasteiger partial charge in [-0.05, 0) is 0 Å². The Bertz CT molecular complexity index is 2000. The third-order valence-corrected chi connectivity index (χ3v) is 7.02. The SMILES string of the molecule is C=C1N\C(=N/C2=N\N=C(/N)c3ccccc3/C=N/c3[nH]c(c4ccccc34)/N=C/c3ccccc32)c2ccccc21. The standard InChI is InChI=1S/C33H24N8/c1-20-23-12-6-7-15-26(23)32(37-20)39-33-25-14-5-3-11-22(25)19-36-31-28-17-9-8-16-27(28)30(38-31)35-18-21-10-2-4-13-24(21)29(34)40-41-33/h2-19H,1H2,(H2,34,40)(H,35,36,38)(H,37,39,41). The third-order valence-electron chi connectivity index (χ3n) is 7.02. The summed E-state index contributed by atoms with van der Waals surface area (Å²) >= 11 is 0. The lowest BCUT2D eigenvalue weighted by molar-refractivity contribution is 1.20. The molecular formula is C33H24N8. The smallest absolute Gasteiger partial charge is 0.184 e. The fourth-order valence-electron chi connectivity index (χ4n) is 4.99. The number of rotatable bonds is 0. The van der Waals surface area contributed by atoms with Gasteiger partial charge in [-0.1, -0.05) is 104 Å². The van der Waals surface area contributed by atoms with Crippen LogP contribution in [0.2, 0.25) is 0 Å². The predicted octanol–water partition coefficient (Wildman–Crippen LogP) is 6.07. The summed E-state index contributed by atoms with van der Waals surface area (Å²) in [6.07, 6.45) is 3.57. The minimum Gasteiger partial charge on any atom is -0.382 e. The van der Waals surface area contributed by atoms with Gasteiger partial charge in [-0.3, -0.25) is 0 Å². The molecule has 0 saturated heterocycles. The minimum absolute atomic E-state index is 0.243. The van der Waals surface area contributed by atoms with Gasteiger partial charge >= 0.3 is 0 Å². The minimum atomic E-state index is 0.243. The number of hydrogen-bond acceptors (Lipinski definition) is 6. The van der Waals surface area contributed by atoms with E-state index in [-0.39, 0.29) is 5.84 Å². The van der Waals surface area contributed by atoms with E-state index in [1.165, 1.54) is 0 Å². The largest absolute Gasteiger partial charge is 0.382 e. The number of benzene rings is 4. The maximum Gasteiger partial charge on any atom is 0.184 e. The molecule has 4 N–H and O–H groups in total. The van der Waals surface area contributed by atoms with Gasteiger partial charge in [0.05, 0.1) is 0 Å². The number of fused-ring (bicyclic) bond motifs is 8. The second kappa shape index (κ2) is 10.0. The molecule has 2 bridgehead atoms. The van der Waals surface area contributed by atoms with E-state index >= 15 is 0 Å². The van der Waals surface area contributed by atoms with Gasteiger partial charge in [0, 0.05) is 62.3 Å². The molecule has 0 amide bonds. The molecule has 0 unspecified atom stereocenters. The van der Waals surface area contributed by atoms with Crippen LogP contribution in [-0.4, -0.2) is 34.9 Å². The Balaban J connectivity index is 1.47. The lowest BCUT2D eigenvalue weighted by Crippen LogP contribution is -2.18. The maximum absolute atomic E-state index is 6.52. The van der Waals surface area contributed by atoms with Crippen molar-refractivity contribution in [2.24, 2.45) is 30.9 Å². The summed E-state index contributed by atoms with van der Waals surface area (Å²) in [4.78, 5) is 17.9. The highest BCUT2D eigenvalue weighted by molar-refractivity contribution is 6.19. The predicted molar refractivity (Wildman–Crippen MR) is 168 cm³/mol. The first-order chi connectivity index (χ1) is 20.2. The van der Waals surface area contributed by atoms with Crippen molar-refractivity contribution in [3.63, 3.8) is 0 Å². The van der Waals surface area contributed by atoms with E-state index in [1.54, 1.807) is 12.4 Å². The molecule has 196 valence electrons. The summed E-state index contributed by atoms with van der Waals surface area (Å²) in [5, 5.41) is 14.3. The summed E-state index contributed by atoms with van der Waals surface area (Å²) in [5.41, 5.74) is 12.3. The normalized spacial score (nSPS) is 19.4. The zero-order valence-electron chi connectivity index (χ0n) is 21.9. The molecule has 8 nitrogen and oxygen atoms in total.